The maximum Gasteiger partial charge on any atom is 0.324 e. The fraction of sp³-hybridized carbons (Fsp3) is 0.188. The lowest BCUT2D eigenvalue weighted by atomic mass is 10.3. The lowest BCUT2D eigenvalue weighted by molar-refractivity contribution is 0.180. The monoisotopic (exact) mass is 304 g/mol. The lowest BCUT2D eigenvalue weighted by Crippen LogP contribution is -2.44. The van der Waals surface area contributed by atoms with Gasteiger partial charge in [0, 0.05) is 17.8 Å². The zero-order valence-corrected chi connectivity index (χ0v) is 12.7. The van der Waals surface area contributed by atoms with Gasteiger partial charge >= 0.3 is 6.03 Å². The van der Waals surface area contributed by atoms with Crippen molar-refractivity contribution < 1.29 is 9.53 Å². The third-order valence-corrected chi connectivity index (χ3v) is 3.15. The topological polar surface area (TPSA) is 41.6 Å². The van der Waals surface area contributed by atoms with Gasteiger partial charge in [-0.25, -0.2) is 4.79 Å². The Hall–Kier alpha value is -2.20. The van der Waals surface area contributed by atoms with E-state index in [0.717, 1.165) is 5.69 Å². The lowest BCUT2D eigenvalue weighted by Gasteiger charge is -2.22. The van der Waals surface area contributed by atoms with Gasteiger partial charge < -0.3 is 10.1 Å². The number of benzene rings is 2. The Morgan fingerprint density at radius 3 is 2.38 bits per heavy atom. The molecule has 0 aliphatic rings. The Bertz CT molecular complexity index is 587. The maximum atomic E-state index is 12.1. The molecule has 4 nitrogen and oxygen atoms in total. The number of ether oxygens (including phenoxy) is 1. The molecule has 21 heavy (non-hydrogen) atoms. The minimum Gasteiger partial charge on any atom is -0.471 e. The molecule has 0 aliphatic heterocycles. The number of carbonyl (C=O) groups is 1. The highest BCUT2D eigenvalue weighted by Crippen LogP contribution is 2.16. The van der Waals surface area contributed by atoms with Gasteiger partial charge in [-0.05, 0) is 43.3 Å². The van der Waals surface area contributed by atoms with Crippen molar-refractivity contribution in [3.05, 3.63) is 59.6 Å². The van der Waals surface area contributed by atoms with Crippen LogP contribution in [0.5, 0.6) is 5.75 Å². The quantitative estimate of drug-likeness (QED) is 0.870. The van der Waals surface area contributed by atoms with E-state index in [9.17, 15) is 4.79 Å². The zero-order chi connectivity index (χ0) is 15.2. The van der Waals surface area contributed by atoms with Crippen LogP contribution in [-0.4, -0.2) is 19.3 Å². The Morgan fingerprint density at radius 2 is 1.76 bits per heavy atom. The summed E-state index contributed by atoms with van der Waals surface area (Å²) in [5.41, 5.74) is 0.814. The van der Waals surface area contributed by atoms with Gasteiger partial charge in [-0.2, -0.15) is 0 Å². The number of halogens is 1. The van der Waals surface area contributed by atoms with Crippen LogP contribution in [0.15, 0.2) is 54.6 Å². The van der Waals surface area contributed by atoms with E-state index in [4.69, 9.17) is 16.3 Å². The third kappa shape index (κ3) is 4.39. The number of hydrogen-bond donors (Lipinski definition) is 1. The Morgan fingerprint density at radius 1 is 1.14 bits per heavy atom. The second-order valence-corrected chi connectivity index (χ2v) is 4.99. The van der Waals surface area contributed by atoms with E-state index in [1.54, 1.807) is 38.2 Å². The van der Waals surface area contributed by atoms with E-state index in [1.165, 1.54) is 4.90 Å². The average molecular weight is 305 g/mol. The molecule has 110 valence electrons. The molecule has 1 N–H and O–H groups in total. The van der Waals surface area contributed by atoms with Gasteiger partial charge in [-0.1, -0.05) is 29.8 Å². The van der Waals surface area contributed by atoms with Crippen LogP contribution in [0.4, 0.5) is 10.5 Å². The highest BCUT2D eigenvalue weighted by molar-refractivity contribution is 6.30. The third-order valence-electron chi connectivity index (χ3n) is 2.90. The molecule has 5 heteroatoms. The number of carbonyl (C=O) groups excluding carboxylic acids is 1. The van der Waals surface area contributed by atoms with Crippen LogP contribution in [-0.2, 0) is 0 Å². The second kappa shape index (κ2) is 6.99. The van der Waals surface area contributed by atoms with Crippen molar-refractivity contribution >= 4 is 23.3 Å². The number of nitrogens with one attached hydrogen (secondary N) is 1. The number of nitrogens with zero attached hydrogens (tertiary/aromatic N) is 1. The first-order chi connectivity index (χ1) is 10.1. The van der Waals surface area contributed by atoms with Crippen LogP contribution in [0.25, 0.3) is 0 Å². The zero-order valence-electron chi connectivity index (χ0n) is 11.9. The summed E-state index contributed by atoms with van der Waals surface area (Å²) in [6, 6.07) is 16.2. The fourth-order valence-electron chi connectivity index (χ4n) is 1.79. The molecule has 0 radical (unpaired) electrons. The first kappa shape index (κ1) is 15.2. The van der Waals surface area contributed by atoms with Crippen molar-refractivity contribution in [2.24, 2.45) is 0 Å². The number of rotatable bonds is 4. The van der Waals surface area contributed by atoms with Crippen LogP contribution in [0, 0.1) is 0 Å². The molecule has 0 spiro atoms. The minimum absolute atomic E-state index is 0.234. The standard InChI is InChI=1S/C16H17ClN2O2/c1-12(21-15-10-8-13(17)9-11-15)18-16(20)19(2)14-6-4-3-5-7-14/h3-12H,1-2H3,(H,18,20). The minimum atomic E-state index is -0.454. The number of urea groups is 1. The molecule has 1 unspecified atom stereocenters. The summed E-state index contributed by atoms with van der Waals surface area (Å²) in [6.07, 6.45) is -0.454. The second-order valence-electron chi connectivity index (χ2n) is 4.56. The predicted molar refractivity (Wildman–Crippen MR) is 84.9 cm³/mol. The predicted octanol–water partition coefficient (Wildman–Crippen LogP) is 3.91. The number of anilines is 1. The Kier molecular flexibility index (Phi) is 5.06. The summed E-state index contributed by atoms with van der Waals surface area (Å²) in [5, 5.41) is 3.41. The number of para-hydroxylation sites is 1. The summed E-state index contributed by atoms with van der Waals surface area (Å²) in [4.78, 5) is 13.6. The van der Waals surface area contributed by atoms with Gasteiger partial charge in [-0.3, -0.25) is 4.90 Å². The van der Waals surface area contributed by atoms with E-state index in [0.29, 0.717) is 10.8 Å². The molecular weight excluding hydrogens is 288 g/mol. The summed E-state index contributed by atoms with van der Waals surface area (Å²) in [6.45, 7) is 1.77. The summed E-state index contributed by atoms with van der Waals surface area (Å²) < 4.78 is 5.61. The summed E-state index contributed by atoms with van der Waals surface area (Å²) in [5.74, 6) is 0.648. The molecule has 0 saturated heterocycles. The molecule has 0 aliphatic carbocycles. The maximum absolute atomic E-state index is 12.1. The van der Waals surface area contributed by atoms with Gasteiger partial charge in [0.05, 0.1) is 0 Å². The van der Waals surface area contributed by atoms with Gasteiger partial charge in [0.1, 0.15) is 5.75 Å². The van der Waals surface area contributed by atoms with E-state index in [1.807, 2.05) is 30.3 Å². The summed E-state index contributed by atoms with van der Waals surface area (Å²) >= 11 is 5.81. The molecule has 0 fully saturated rings. The molecule has 2 aromatic carbocycles. The molecule has 0 heterocycles. The average Bonchev–Trinajstić information content (AvgIpc) is 2.49. The molecule has 2 rings (SSSR count). The largest absolute Gasteiger partial charge is 0.471 e. The van der Waals surface area contributed by atoms with E-state index in [-0.39, 0.29) is 6.03 Å². The molecule has 0 saturated carbocycles. The Balaban J connectivity index is 1.91. The number of amides is 2. The molecule has 2 aromatic rings. The molecule has 0 aromatic heterocycles. The van der Waals surface area contributed by atoms with Gasteiger partial charge in [0.25, 0.3) is 0 Å². The van der Waals surface area contributed by atoms with Crippen molar-refractivity contribution in [1.29, 1.82) is 0 Å². The van der Waals surface area contributed by atoms with Gasteiger partial charge in [0.2, 0.25) is 0 Å². The van der Waals surface area contributed by atoms with Crippen molar-refractivity contribution in [3.8, 4) is 5.75 Å². The SMILES string of the molecule is CC(NC(=O)N(C)c1ccccc1)Oc1ccc(Cl)cc1. The Labute approximate surface area is 129 Å². The highest BCUT2D eigenvalue weighted by atomic mass is 35.5. The van der Waals surface area contributed by atoms with E-state index >= 15 is 0 Å². The van der Waals surface area contributed by atoms with Crippen LogP contribution in [0.2, 0.25) is 5.02 Å². The normalized spacial score (nSPS) is 11.6. The summed E-state index contributed by atoms with van der Waals surface area (Å²) in [7, 11) is 1.71. The molecule has 1 atom stereocenters. The van der Waals surface area contributed by atoms with Gasteiger partial charge in [0.15, 0.2) is 6.23 Å². The number of hydrogen-bond acceptors (Lipinski definition) is 2. The van der Waals surface area contributed by atoms with E-state index in [2.05, 4.69) is 5.32 Å². The highest BCUT2D eigenvalue weighted by Gasteiger charge is 2.14. The van der Waals surface area contributed by atoms with Crippen molar-refractivity contribution in [3.63, 3.8) is 0 Å². The smallest absolute Gasteiger partial charge is 0.324 e. The first-order valence-corrected chi connectivity index (χ1v) is 6.95. The fourth-order valence-corrected chi connectivity index (χ4v) is 1.91. The van der Waals surface area contributed by atoms with Crippen LogP contribution < -0.4 is 15.0 Å². The van der Waals surface area contributed by atoms with Crippen molar-refractivity contribution in [1.82, 2.24) is 5.32 Å². The molecule has 0 bridgehead atoms. The van der Waals surface area contributed by atoms with Gasteiger partial charge in [-0.15, -0.1) is 0 Å². The first-order valence-electron chi connectivity index (χ1n) is 6.58. The van der Waals surface area contributed by atoms with Crippen LogP contribution in [0.1, 0.15) is 6.92 Å². The van der Waals surface area contributed by atoms with Crippen LogP contribution in [0.3, 0.4) is 0 Å². The van der Waals surface area contributed by atoms with E-state index < -0.39 is 6.23 Å². The molecular formula is C16H17ClN2O2. The van der Waals surface area contributed by atoms with Crippen LogP contribution >= 0.6 is 11.6 Å². The van der Waals surface area contributed by atoms with Crippen molar-refractivity contribution in [2.45, 2.75) is 13.2 Å². The molecule has 2 amide bonds. The van der Waals surface area contributed by atoms with Crippen molar-refractivity contribution in [2.75, 3.05) is 11.9 Å².